The Morgan fingerprint density at radius 1 is 1.33 bits per heavy atom. The second kappa shape index (κ2) is 4.71. The number of nitrogens with one attached hydrogen (secondary N) is 1. The molecule has 2 nitrogen and oxygen atoms in total. The summed E-state index contributed by atoms with van der Waals surface area (Å²) < 4.78 is 13.2. The topological polar surface area (TPSA) is 38.0 Å². The maximum absolute atomic E-state index is 13.2. The Labute approximate surface area is 94.6 Å². The van der Waals surface area contributed by atoms with E-state index in [1.54, 1.807) is 0 Å². The molecule has 1 atom stereocenters. The van der Waals surface area contributed by atoms with Gasteiger partial charge in [-0.1, -0.05) is 25.4 Å². The van der Waals surface area contributed by atoms with Gasteiger partial charge >= 0.3 is 0 Å². The van der Waals surface area contributed by atoms with Gasteiger partial charge in [-0.3, -0.25) is 0 Å². The van der Waals surface area contributed by atoms with E-state index in [-0.39, 0.29) is 11.1 Å². The van der Waals surface area contributed by atoms with Gasteiger partial charge in [-0.05, 0) is 18.9 Å². The van der Waals surface area contributed by atoms with E-state index < -0.39 is 5.82 Å². The van der Waals surface area contributed by atoms with Crippen molar-refractivity contribution in [1.82, 2.24) is 0 Å². The van der Waals surface area contributed by atoms with E-state index in [9.17, 15) is 4.39 Å². The molecule has 1 rings (SSSR count). The summed E-state index contributed by atoms with van der Waals surface area (Å²) >= 11 is 5.60. The molecule has 0 spiro atoms. The van der Waals surface area contributed by atoms with Crippen LogP contribution in [0, 0.1) is 11.7 Å². The zero-order valence-electron chi connectivity index (χ0n) is 9.14. The summed E-state index contributed by atoms with van der Waals surface area (Å²) in [6, 6.07) is 2.98. The van der Waals surface area contributed by atoms with Crippen LogP contribution in [0.15, 0.2) is 12.1 Å². The molecule has 4 heteroatoms. The molecule has 0 saturated carbocycles. The third-order valence-corrected chi connectivity index (χ3v) is 2.77. The summed E-state index contributed by atoms with van der Waals surface area (Å²) in [5, 5.41) is 3.21. The molecule has 0 radical (unpaired) electrons. The molecule has 0 fully saturated rings. The highest BCUT2D eigenvalue weighted by Gasteiger charge is 2.11. The average Bonchev–Trinajstić information content (AvgIpc) is 2.13. The number of nitrogen functional groups attached to an aromatic ring is 1. The van der Waals surface area contributed by atoms with Crippen molar-refractivity contribution in [2.75, 3.05) is 11.1 Å². The third kappa shape index (κ3) is 2.99. The molecule has 0 bridgehead atoms. The number of hydrogen-bond donors (Lipinski definition) is 2. The van der Waals surface area contributed by atoms with Gasteiger partial charge in [0, 0.05) is 12.1 Å². The number of nitrogens with two attached hydrogens (primary N) is 1. The Hall–Kier alpha value is -0.960. The van der Waals surface area contributed by atoms with Gasteiger partial charge < -0.3 is 11.1 Å². The van der Waals surface area contributed by atoms with Crippen molar-refractivity contribution in [3.8, 4) is 0 Å². The molecule has 0 aliphatic rings. The molecule has 84 valence electrons. The summed E-state index contributed by atoms with van der Waals surface area (Å²) in [5.41, 5.74) is 6.79. The standard InChI is InChI=1S/C11H16ClFN2/c1-6(2)7(3)15-11-5-9(13)8(12)4-10(11)14/h4-7,15H,14H2,1-3H3. The van der Waals surface area contributed by atoms with E-state index >= 15 is 0 Å². The van der Waals surface area contributed by atoms with Crippen LogP contribution >= 0.6 is 11.6 Å². The van der Waals surface area contributed by atoms with Crippen LogP contribution in [0.1, 0.15) is 20.8 Å². The first-order valence-corrected chi connectivity index (χ1v) is 5.30. The number of anilines is 2. The first-order valence-electron chi connectivity index (χ1n) is 4.93. The lowest BCUT2D eigenvalue weighted by atomic mass is 10.1. The van der Waals surface area contributed by atoms with Crippen LogP contribution in [-0.4, -0.2) is 6.04 Å². The highest BCUT2D eigenvalue weighted by Crippen LogP contribution is 2.27. The highest BCUT2D eigenvalue weighted by molar-refractivity contribution is 6.31. The summed E-state index contributed by atoms with van der Waals surface area (Å²) in [7, 11) is 0. The molecule has 0 heterocycles. The Bertz CT molecular complexity index is 353. The minimum absolute atomic E-state index is 0.0512. The monoisotopic (exact) mass is 230 g/mol. The average molecular weight is 231 g/mol. The molecule has 0 aromatic heterocycles. The summed E-state index contributed by atoms with van der Waals surface area (Å²) in [6.45, 7) is 6.19. The van der Waals surface area contributed by atoms with Crippen LogP contribution < -0.4 is 11.1 Å². The maximum Gasteiger partial charge on any atom is 0.143 e. The highest BCUT2D eigenvalue weighted by atomic mass is 35.5. The molecule has 0 aliphatic carbocycles. The lowest BCUT2D eigenvalue weighted by molar-refractivity contribution is 0.559. The Kier molecular flexibility index (Phi) is 3.80. The fourth-order valence-corrected chi connectivity index (χ4v) is 1.27. The first kappa shape index (κ1) is 12.1. The van der Waals surface area contributed by atoms with Crippen molar-refractivity contribution in [3.63, 3.8) is 0 Å². The predicted molar refractivity (Wildman–Crippen MR) is 63.7 cm³/mol. The maximum atomic E-state index is 13.2. The zero-order valence-corrected chi connectivity index (χ0v) is 9.90. The van der Waals surface area contributed by atoms with Crippen LogP contribution in [-0.2, 0) is 0 Å². The summed E-state index contributed by atoms with van der Waals surface area (Å²) in [5.74, 6) is -0.00698. The van der Waals surface area contributed by atoms with Crippen molar-refractivity contribution in [2.45, 2.75) is 26.8 Å². The molecular weight excluding hydrogens is 215 g/mol. The van der Waals surface area contributed by atoms with Crippen LogP contribution in [0.4, 0.5) is 15.8 Å². The fraction of sp³-hybridized carbons (Fsp3) is 0.455. The number of benzene rings is 1. The van der Waals surface area contributed by atoms with E-state index in [1.807, 2.05) is 6.92 Å². The molecular formula is C11H16ClFN2. The molecule has 1 aromatic carbocycles. The molecule has 1 aromatic rings. The van der Waals surface area contributed by atoms with Gasteiger partial charge in [0.15, 0.2) is 0 Å². The van der Waals surface area contributed by atoms with E-state index in [2.05, 4.69) is 19.2 Å². The second-order valence-corrected chi connectivity index (χ2v) is 4.44. The van der Waals surface area contributed by atoms with Gasteiger partial charge in [-0.25, -0.2) is 4.39 Å². The Balaban J connectivity index is 2.91. The van der Waals surface area contributed by atoms with Gasteiger partial charge in [-0.15, -0.1) is 0 Å². The van der Waals surface area contributed by atoms with Crippen molar-refractivity contribution < 1.29 is 4.39 Å². The van der Waals surface area contributed by atoms with Gasteiger partial charge in [0.1, 0.15) is 5.82 Å². The fourth-order valence-electron chi connectivity index (χ4n) is 1.10. The summed E-state index contributed by atoms with van der Waals surface area (Å²) in [6.07, 6.45) is 0. The van der Waals surface area contributed by atoms with E-state index in [4.69, 9.17) is 17.3 Å². The summed E-state index contributed by atoms with van der Waals surface area (Å²) in [4.78, 5) is 0. The van der Waals surface area contributed by atoms with E-state index in [0.29, 0.717) is 17.3 Å². The second-order valence-electron chi connectivity index (χ2n) is 4.03. The first-order chi connectivity index (χ1) is 6.91. The number of halogens is 2. The van der Waals surface area contributed by atoms with E-state index in [0.717, 1.165) is 0 Å². The van der Waals surface area contributed by atoms with Gasteiger partial charge in [0.2, 0.25) is 0 Å². The lowest BCUT2D eigenvalue weighted by Crippen LogP contribution is -2.22. The third-order valence-electron chi connectivity index (χ3n) is 2.48. The van der Waals surface area contributed by atoms with Crippen molar-refractivity contribution in [2.24, 2.45) is 5.92 Å². The SMILES string of the molecule is CC(C)C(C)Nc1cc(F)c(Cl)cc1N. The van der Waals surface area contributed by atoms with Gasteiger partial charge in [0.05, 0.1) is 16.4 Å². The molecule has 15 heavy (non-hydrogen) atoms. The minimum Gasteiger partial charge on any atom is -0.397 e. The normalized spacial score (nSPS) is 12.9. The lowest BCUT2D eigenvalue weighted by Gasteiger charge is -2.20. The van der Waals surface area contributed by atoms with Crippen molar-refractivity contribution in [1.29, 1.82) is 0 Å². The van der Waals surface area contributed by atoms with Crippen LogP contribution in [0.25, 0.3) is 0 Å². The molecule has 0 aliphatic heterocycles. The zero-order chi connectivity index (χ0) is 11.6. The Morgan fingerprint density at radius 3 is 2.47 bits per heavy atom. The predicted octanol–water partition coefficient (Wildman–Crippen LogP) is 3.52. The smallest absolute Gasteiger partial charge is 0.143 e. The quantitative estimate of drug-likeness (QED) is 0.780. The minimum atomic E-state index is -0.454. The molecule has 3 N–H and O–H groups in total. The molecule has 1 unspecified atom stereocenters. The number of rotatable bonds is 3. The van der Waals surface area contributed by atoms with E-state index in [1.165, 1.54) is 12.1 Å². The van der Waals surface area contributed by atoms with Gasteiger partial charge in [0.25, 0.3) is 0 Å². The van der Waals surface area contributed by atoms with Crippen molar-refractivity contribution in [3.05, 3.63) is 23.0 Å². The molecule has 0 saturated heterocycles. The van der Waals surface area contributed by atoms with Crippen LogP contribution in [0.5, 0.6) is 0 Å². The van der Waals surface area contributed by atoms with Gasteiger partial charge in [-0.2, -0.15) is 0 Å². The van der Waals surface area contributed by atoms with Crippen LogP contribution in [0.2, 0.25) is 5.02 Å². The largest absolute Gasteiger partial charge is 0.397 e. The van der Waals surface area contributed by atoms with Crippen LogP contribution in [0.3, 0.4) is 0 Å². The Morgan fingerprint density at radius 2 is 1.93 bits per heavy atom. The van der Waals surface area contributed by atoms with Crippen molar-refractivity contribution >= 4 is 23.0 Å². The molecule has 0 amide bonds. The number of hydrogen-bond acceptors (Lipinski definition) is 2.